The molecule has 1 heterocycles. The molecule has 102 valence electrons. The van der Waals surface area contributed by atoms with Crippen LogP contribution >= 0.6 is 0 Å². The predicted molar refractivity (Wildman–Crippen MR) is 79.6 cm³/mol. The molecule has 2 rings (SSSR count). The van der Waals surface area contributed by atoms with Crippen molar-refractivity contribution in [3.05, 3.63) is 36.0 Å². The lowest BCUT2D eigenvalue weighted by Crippen LogP contribution is -2.20. The smallest absolute Gasteiger partial charge is 0.221 e. The zero-order valence-electron chi connectivity index (χ0n) is 11.9. The van der Waals surface area contributed by atoms with E-state index < -0.39 is 0 Å². The Hall–Kier alpha value is -1.61. The summed E-state index contributed by atoms with van der Waals surface area (Å²) in [6.45, 7) is 5.43. The van der Waals surface area contributed by atoms with Crippen LogP contribution < -0.4 is 10.1 Å². The van der Waals surface area contributed by atoms with Crippen molar-refractivity contribution in [2.45, 2.75) is 32.7 Å². The number of hydrogen-bond acceptors (Lipinski definition) is 3. The van der Waals surface area contributed by atoms with E-state index >= 15 is 0 Å². The molecule has 19 heavy (non-hydrogen) atoms. The minimum absolute atomic E-state index is 0.301. The second-order valence-corrected chi connectivity index (χ2v) is 4.80. The fourth-order valence-corrected chi connectivity index (χ4v) is 2.30. The summed E-state index contributed by atoms with van der Waals surface area (Å²) in [5.41, 5.74) is 1.23. The number of ether oxygens (including phenoxy) is 1. The van der Waals surface area contributed by atoms with Crippen LogP contribution in [-0.4, -0.2) is 18.6 Å². The van der Waals surface area contributed by atoms with Gasteiger partial charge >= 0.3 is 0 Å². The van der Waals surface area contributed by atoms with Gasteiger partial charge in [-0.2, -0.15) is 0 Å². The molecule has 3 nitrogen and oxygen atoms in total. The molecule has 0 aliphatic carbocycles. The van der Waals surface area contributed by atoms with Gasteiger partial charge in [0.2, 0.25) is 5.88 Å². The summed E-state index contributed by atoms with van der Waals surface area (Å²) in [6, 6.07) is 8.57. The van der Waals surface area contributed by atoms with Crippen molar-refractivity contribution in [1.82, 2.24) is 10.3 Å². The molecule has 0 amide bonds. The Morgan fingerprint density at radius 1 is 1.26 bits per heavy atom. The highest BCUT2D eigenvalue weighted by Crippen LogP contribution is 2.29. The highest BCUT2D eigenvalue weighted by molar-refractivity contribution is 5.89. The predicted octanol–water partition coefficient (Wildman–Crippen LogP) is 3.69. The van der Waals surface area contributed by atoms with Gasteiger partial charge in [0.25, 0.3) is 0 Å². The topological polar surface area (TPSA) is 34.2 Å². The zero-order chi connectivity index (χ0) is 13.7. The van der Waals surface area contributed by atoms with Crippen molar-refractivity contribution in [3.63, 3.8) is 0 Å². The van der Waals surface area contributed by atoms with E-state index in [1.165, 1.54) is 23.8 Å². The molecule has 1 aromatic heterocycles. The second kappa shape index (κ2) is 6.53. The lowest BCUT2D eigenvalue weighted by atomic mass is 10.0. The molecule has 0 aliphatic heterocycles. The molecule has 0 aliphatic rings. The molecule has 1 N–H and O–H groups in total. The van der Waals surface area contributed by atoms with Crippen LogP contribution in [-0.2, 0) is 0 Å². The fraction of sp³-hybridized carbons (Fsp3) is 0.438. The molecule has 1 unspecified atom stereocenters. The van der Waals surface area contributed by atoms with Gasteiger partial charge in [-0.3, -0.25) is 0 Å². The Morgan fingerprint density at radius 3 is 2.68 bits per heavy atom. The molecule has 2 aromatic rings. The molecule has 0 spiro atoms. The summed E-state index contributed by atoms with van der Waals surface area (Å²) in [4.78, 5) is 4.41. The summed E-state index contributed by atoms with van der Waals surface area (Å²) in [5.74, 6) is 0.695. The number of methoxy groups -OCH3 is 1. The summed E-state index contributed by atoms with van der Waals surface area (Å²) in [5, 5.41) is 5.84. The first kappa shape index (κ1) is 13.8. The van der Waals surface area contributed by atoms with Crippen LogP contribution in [0.3, 0.4) is 0 Å². The molecule has 1 aromatic carbocycles. The number of rotatable bonds is 6. The van der Waals surface area contributed by atoms with Gasteiger partial charge in [0.15, 0.2) is 0 Å². The molecule has 0 saturated carbocycles. The Kier molecular flexibility index (Phi) is 4.74. The maximum absolute atomic E-state index is 5.33. The van der Waals surface area contributed by atoms with Crippen molar-refractivity contribution in [2.75, 3.05) is 13.7 Å². The summed E-state index contributed by atoms with van der Waals surface area (Å²) in [6.07, 6.45) is 4.33. The van der Waals surface area contributed by atoms with E-state index in [-0.39, 0.29) is 0 Å². The highest BCUT2D eigenvalue weighted by Gasteiger charge is 2.12. The maximum Gasteiger partial charge on any atom is 0.221 e. The van der Waals surface area contributed by atoms with Crippen LogP contribution in [0.2, 0.25) is 0 Å². The average molecular weight is 258 g/mol. The first-order valence-electron chi connectivity index (χ1n) is 6.93. The minimum atomic E-state index is 0.301. The van der Waals surface area contributed by atoms with E-state index in [1.807, 2.05) is 12.3 Å². The van der Waals surface area contributed by atoms with Crippen molar-refractivity contribution >= 4 is 10.8 Å². The van der Waals surface area contributed by atoms with Gasteiger partial charge in [-0.05, 0) is 36.9 Å². The lowest BCUT2D eigenvalue weighted by Gasteiger charge is -2.17. The fourth-order valence-electron chi connectivity index (χ4n) is 2.30. The van der Waals surface area contributed by atoms with Crippen LogP contribution in [0.4, 0.5) is 0 Å². The molecule has 0 saturated heterocycles. The van der Waals surface area contributed by atoms with Crippen molar-refractivity contribution < 1.29 is 4.74 Å². The van der Waals surface area contributed by atoms with Gasteiger partial charge in [-0.25, -0.2) is 4.98 Å². The molecular weight excluding hydrogens is 236 g/mol. The average Bonchev–Trinajstić information content (AvgIpc) is 2.46. The maximum atomic E-state index is 5.33. The van der Waals surface area contributed by atoms with Gasteiger partial charge in [-0.1, -0.05) is 31.5 Å². The number of fused-ring (bicyclic) bond motifs is 1. The third-order valence-corrected chi connectivity index (χ3v) is 3.43. The van der Waals surface area contributed by atoms with Gasteiger partial charge in [-0.15, -0.1) is 0 Å². The van der Waals surface area contributed by atoms with Gasteiger partial charge in [0, 0.05) is 17.6 Å². The third-order valence-electron chi connectivity index (χ3n) is 3.43. The van der Waals surface area contributed by atoms with E-state index in [9.17, 15) is 0 Å². The van der Waals surface area contributed by atoms with Crippen LogP contribution in [0.25, 0.3) is 10.8 Å². The number of benzene rings is 1. The van der Waals surface area contributed by atoms with E-state index in [0.717, 1.165) is 11.9 Å². The van der Waals surface area contributed by atoms with E-state index in [0.29, 0.717) is 11.9 Å². The van der Waals surface area contributed by atoms with Gasteiger partial charge in [0.05, 0.1) is 7.11 Å². The minimum Gasteiger partial charge on any atom is -0.481 e. The monoisotopic (exact) mass is 258 g/mol. The molecule has 0 radical (unpaired) electrons. The number of aromatic nitrogens is 1. The van der Waals surface area contributed by atoms with Crippen LogP contribution in [0.5, 0.6) is 5.88 Å². The zero-order valence-corrected chi connectivity index (χ0v) is 11.9. The quantitative estimate of drug-likeness (QED) is 0.802. The van der Waals surface area contributed by atoms with E-state index in [2.05, 4.69) is 42.3 Å². The Balaban J connectivity index is 2.33. The molecule has 0 bridgehead atoms. The SMILES string of the molecule is CCCCNC(C)c1cnc(OC)c2ccccc12. The summed E-state index contributed by atoms with van der Waals surface area (Å²) < 4.78 is 5.33. The lowest BCUT2D eigenvalue weighted by molar-refractivity contribution is 0.403. The number of pyridine rings is 1. The van der Waals surface area contributed by atoms with Crippen molar-refractivity contribution in [1.29, 1.82) is 0 Å². The van der Waals surface area contributed by atoms with Gasteiger partial charge in [0.1, 0.15) is 0 Å². The Bertz CT molecular complexity index is 539. The summed E-state index contributed by atoms with van der Waals surface area (Å²) in [7, 11) is 1.66. The van der Waals surface area contributed by atoms with Crippen molar-refractivity contribution in [3.8, 4) is 5.88 Å². The molecule has 3 heteroatoms. The third kappa shape index (κ3) is 3.04. The Labute approximate surface area is 115 Å². The molecule has 1 atom stereocenters. The first-order chi connectivity index (χ1) is 9.27. The largest absolute Gasteiger partial charge is 0.481 e. The highest BCUT2D eigenvalue weighted by atomic mass is 16.5. The van der Waals surface area contributed by atoms with E-state index in [1.54, 1.807) is 7.11 Å². The molecule has 0 fully saturated rings. The second-order valence-electron chi connectivity index (χ2n) is 4.80. The number of unbranched alkanes of at least 4 members (excludes halogenated alkanes) is 1. The Morgan fingerprint density at radius 2 is 2.00 bits per heavy atom. The summed E-state index contributed by atoms with van der Waals surface area (Å²) >= 11 is 0. The number of nitrogens with one attached hydrogen (secondary N) is 1. The number of hydrogen-bond donors (Lipinski definition) is 1. The van der Waals surface area contributed by atoms with Crippen LogP contribution in [0.15, 0.2) is 30.5 Å². The van der Waals surface area contributed by atoms with Crippen molar-refractivity contribution in [2.24, 2.45) is 0 Å². The number of nitrogens with zero attached hydrogens (tertiary/aromatic N) is 1. The van der Waals surface area contributed by atoms with Crippen LogP contribution in [0, 0.1) is 0 Å². The van der Waals surface area contributed by atoms with Crippen LogP contribution in [0.1, 0.15) is 38.3 Å². The normalized spacial score (nSPS) is 12.6. The van der Waals surface area contributed by atoms with Gasteiger partial charge < -0.3 is 10.1 Å². The molecular formula is C16H22N2O. The first-order valence-corrected chi connectivity index (χ1v) is 6.93. The van der Waals surface area contributed by atoms with E-state index in [4.69, 9.17) is 4.74 Å². The standard InChI is InChI=1S/C16H22N2O/c1-4-5-10-17-12(2)15-11-18-16(19-3)14-9-7-6-8-13(14)15/h6-9,11-12,17H,4-5,10H2,1-3H3.